The second-order valence-electron chi connectivity index (χ2n) is 5.25. The molecule has 0 amide bonds. The van der Waals surface area contributed by atoms with Crippen LogP contribution in [0.15, 0.2) is 30.3 Å². The highest BCUT2D eigenvalue weighted by molar-refractivity contribution is 5.67. The van der Waals surface area contributed by atoms with Gasteiger partial charge in [-0.2, -0.15) is 0 Å². The van der Waals surface area contributed by atoms with Gasteiger partial charge in [0, 0.05) is 24.9 Å². The maximum atomic E-state index is 10.9. The Morgan fingerprint density at radius 1 is 1.40 bits per heavy atom. The van der Waals surface area contributed by atoms with Crippen molar-refractivity contribution in [3.05, 3.63) is 30.3 Å². The van der Waals surface area contributed by atoms with Crippen LogP contribution in [0.2, 0.25) is 0 Å². The number of rotatable bonds is 6. The summed E-state index contributed by atoms with van der Waals surface area (Å²) >= 11 is 0. The first kappa shape index (κ1) is 14.9. The topological polar surface area (TPSA) is 49.8 Å². The number of anilines is 1. The molecule has 0 aromatic heterocycles. The molecule has 2 unspecified atom stereocenters. The fraction of sp³-hybridized carbons (Fsp3) is 0.562. The molecule has 1 aliphatic heterocycles. The molecule has 1 aliphatic rings. The number of carboxylic acid groups (broad SMARTS) is 1. The lowest BCUT2D eigenvalue weighted by Crippen LogP contribution is -2.43. The van der Waals surface area contributed by atoms with Crippen molar-refractivity contribution in [2.45, 2.75) is 44.8 Å². The number of carbonyl (C=O) groups is 1. The number of aliphatic carboxylic acids is 1. The molecule has 2 rings (SSSR count). The zero-order valence-electron chi connectivity index (χ0n) is 12.0. The molecular weight excluding hydrogens is 254 g/mol. The largest absolute Gasteiger partial charge is 0.481 e. The molecule has 1 fully saturated rings. The minimum atomic E-state index is -0.745. The molecule has 1 N–H and O–H groups in total. The summed E-state index contributed by atoms with van der Waals surface area (Å²) in [7, 11) is 0. The molecule has 4 nitrogen and oxygen atoms in total. The Morgan fingerprint density at radius 3 is 2.80 bits per heavy atom. The lowest BCUT2D eigenvalue weighted by molar-refractivity contribution is -0.136. The lowest BCUT2D eigenvalue weighted by atomic mass is 9.99. The molecule has 20 heavy (non-hydrogen) atoms. The molecule has 0 saturated carbocycles. The number of para-hydroxylation sites is 1. The molecule has 1 saturated heterocycles. The molecule has 1 heterocycles. The summed E-state index contributed by atoms with van der Waals surface area (Å²) in [5, 5.41) is 8.95. The van der Waals surface area contributed by atoms with Crippen molar-refractivity contribution in [3.8, 4) is 0 Å². The minimum absolute atomic E-state index is 0.170. The fourth-order valence-corrected chi connectivity index (χ4v) is 2.79. The summed E-state index contributed by atoms with van der Waals surface area (Å²) in [6.07, 6.45) is 3.42. The van der Waals surface area contributed by atoms with Crippen LogP contribution < -0.4 is 4.90 Å². The van der Waals surface area contributed by atoms with Gasteiger partial charge in [-0.1, -0.05) is 25.1 Å². The van der Waals surface area contributed by atoms with Gasteiger partial charge in [0.2, 0.25) is 0 Å². The highest BCUT2D eigenvalue weighted by atomic mass is 16.5. The van der Waals surface area contributed by atoms with Crippen molar-refractivity contribution in [3.63, 3.8) is 0 Å². The van der Waals surface area contributed by atoms with Crippen molar-refractivity contribution in [1.29, 1.82) is 0 Å². The zero-order valence-corrected chi connectivity index (χ0v) is 12.0. The summed E-state index contributed by atoms with van der Waals surface area (Å²) in [5.74, 6) is -0.745. The van der Waals surface area contributed by atoms with Gasteiger partial charge in [0.15, 0.2) is 0 Å². The van der Waals surface area contributed by atoms with Gasteiger partial charge in [-0.15, -0.1) is 0 Å². The quantitative estimate of drug-likeness (QED) is 0.868. The number of carboxylic acids is 1. The Bertz CT molecular complexity index is 421. The standard InChI is InChI=1S/C16H23NO3/c1-2-15-12-14(9-11-20-15)17(10-8-16(18)19)13-6-4-3-5-7-13/h3-7,14-15H,2,8-12H2,1H3,(H,18,19). The molecular formula is C16H23NO3. The van der Waals surface area contributed by atoms with Crippen LogP contribution in [0.25, 0.3) is 0 Å². The van der Waals surface area contributed by atoms with Crippen LogP contribution in [-0.2, 0) is 9.53 Å². The summed E-state index contributed by atoms with van der Waals surface area (Å²) in [6, 6.07) is 10.5. The third kappa shape index (κ3) is 3.97. The van der Waals surface area contributed by atoms with Gasteiger partial charge in [0.1, 0.15) is 0 Å². The van der Waals surface area contributed by atoms with Gasteiger partial charge in [0.05, 0.1) is 12.5 Å². The van der Waals surface area contributed by atoms with E-state index in [2.05, 4.69) is 24.0 Å². The molecule has 0 bridgehead atoms. The van der Waals surface area contributed by atoms with Crippen molar-refractivity contribution in [1.82, 2.24) is 0 Å². The smallest absolute Gasteiger partial charge is 0.305 e. The normalized spacial score (nSPS) is 22.4. The second-order valence-corrected chi connectivity index (χ2v) is 5.25. The maximum Gasteiger partial charge on any atom is 0.305 e. The van der Waals surface area contributed by atoms with Gasteiger partial charge in [-0.3, -0.25) is 4.79 Å². The second kappa shape index (κ2) is 7.29. The average molecular weight is 277 g/mol. The van der Waals surface area contributed by atoms with Crippen LogP contribution in [0.5, 0.6) is 0 Å². The Morgan fingerprint density at radius 2 is 2.15 bits per heavy atom. The first-order chi connectivity index (χ1) is 9.70. The third-order valence-corrected chi connectivity index (χ3v) is 3.89. The molecule has 0 aliphatic carbocycles. The molecule has 1 aromatic rings. The highest BCUT2D eigenvalue weighted by Gasteiger charge is 2.26. The zero-order chi connectivity index (χ0) is 14.4. The third-order valence-electron chi connectivity index (χ3n) is 3.89. The number of hydrogen-bond acceptors (Lipinski definition) is 3. The average Bonchev–Trinajstić information content (AvgIpc) is 2.48. The van der Waals surface area contributed by atoms with Gasteiger partial charge in [-0.05, 0) is 31.4 Å². The van der Waals surface area contributed by atoms with Crippen LogP contribution in [-0.4, -0.2) is 36.4 Å². The Kier molecular flexibility index (Phi) is 5.41. The first-order valence-corrected chi connectivity index (χ1v) is 7.35. The predicted octanol–water partition coefficient (Wildman–Crippen LogP) is 2.93. The maximum absolute atomic E-state index is 10.9. The van der Waals surface area contributed by atoms with Gasteiger partial charge in [0.25, 0.3) is 0 Å². The fourth-order valence-electron chi connectivity index (χ4n) is 2.79. The molecule has 0 spiro atoms. The van der Waals surface area contributed by atoms with E-state index in [0.29, 0.717) is 18.7 Å². The Labute approximate surface area is 120 Å². The first-order valence-electron chi connectivity index (χ1n) is 7.35. The van der Waals surface area contributed by atoms with Crippen LogP contribution in [0, 0.1) is 0 Å². The van der Waals surface area contributed by atoms with Crippen LogP contribution >= 0.6 is 0 Å². The summed E-state index contributed by atoms with van der Waals surface area (Å²) in [6.45, 7) is 3.46. The van der Waals surface area contributed by atoms with Gasteiger partial charge >= 0.3 is 5.97 Å². The van der Waals surface area contributed by atoms with Crippen molar-refractivity contribution >= 4 is 11.7 Å². The Balaban J connectivity index is 2.11. The van der Waals surface area contributed by atoms with Gasteiger partial charge < -0.3 is 14.7 Å². The predicted molar refractivity (Wildman–Crippen MR) is 79.1 cm³/mol. The van der Waals surface area contributed by atoms with Crippen molar-refractivity contribution in [2.75, 3.05) is 18.1 Å². The van der Waals surface area contributed by atoms with E-state index < -0.39 is 5.97 Å². The number of nitrogens with zero attached hydrogens (tertiary/aromatic N) is 1. The van der Waals surface area contributed by atoms with Crippen molar-refractivity contribution < 1.29 is 14.6 Å². The van der Waals surface area contributed by atoms with E-state index in [1.165, 1.54) is 0 Å². The van der Waals surface area contributed by atoms with E-state index >= 15 is 0 Å². The summed E-state index contributed by atoms with van der Waals surface area (Å²) in [5.41, 5.74) is 1.11. The van der Waals surface area contributed by atoms with E-state index in [-0.39, 0.29) is 6.42 Å². The molecule has 2 atom stereocenters. The number of hydrogen-bond donors (Lipinski definition) is 1. The SMILES string of the molecule is CCC1CC(N(CCC(=O)O)c2ccccc2)CCO1. The summed E-state index contributed by atoms with van der Waals surface area (Å²) < 4.78 is 5.73. The van der Waals surface area contributed by atoms with Crippen LogP contribution in [0.4, 0.5) is 5.69 Å². The molecule has 110 valence electrons. The molecule has 0 radical (unpaired) electrons. The lowest BCUT2D eigenvalue weighted by Gasteiger charge is -2.38. The number of benzene rings is 1. The van der Waals surface area contributed by atoms with E-state index in [1.807, 2.05) is 18.2 Å². The summed E-state index contributed by atoms with van der Waals surface area (Å²) in [4.78, 5) is 13.1. The minimum Gasteiger partial charge on any atom is -0.481 e. The molecule has 1 aromatic carbocycles. The van der Waals surface area contributed by atoms with Crippen LogP contribution in [0.3, 0.4) is 0 Å². The molecule has 4 heteroatoms. The highest BCUT2D eigenvalue weighted by Crippen LogP contribution is 2.26. The van der Waals surface area contributed by atoms with E-state index in [9.17, 15) is 4.79 Å². The van der Waals surface area contributed by atoms with Gasteiger partial charge in [-0.25, -0.2) is 0 Å². The van der Waals surface area contributed by atoms with E-state index in [0.717, 1.165) is 31.6 Å². The Hall–Kier alpha value is -1.55. The monoisotopic (exact) mass is 277 g/mol. The van der Waals surface area contributed by atoms with E-state index in [1.54, 1.807) is 0 Å². The number of ether oxygens (including phenoxy) is 1. The van der Waals surface area contributed by atoms with E-state index in [4.69, 9.17) is 9.84 Å². The van der Waals surface area contributed by atoms with Crippen LogP contribution in [0.1, 0.15) is 32.6 Å². The van der Waals surface area contributed by atoms with Crippen molar-refractivity contribution in [2.24, 2.45) is 0 Å².